The van der Waals surface area contributed by atoms with Gasteiger partial charge >= 0.3 is 0 Å². The second-order valence-corrected chi connectivity index (χ2v) is 4.56. The molecule has 0 aliphatic rings. The molecule has 0 saturated heterocycles. The van der Waals surface area contributed by atoms with Gasteiger partial charge in [0.15, 0.2) is 0 Å². The minimum Gasteiger partial charge on any atom is -0.320 e. The lowest BCUT2D eigenvalue weighted by Gasteiger charge is -2.14. The summed E-state index contributed by atoms with van der Waals surface area (Å²) in [6.45, 7) is 5.06. The molecule has 0 saturated carbocycles. The van der Waals surface area contributed by atoms with Crippen molar-refractivity contribution in [2.45, 2.75) is 32.9 Å². The molecular weight excluding hydrogens is 224 g/mol. The molecule has 2 aromatic rings. The van der Waals surface area contributed by atoms with Crippen molar-refractivity contribution in [3.8, 4) is 0 Å². The first-order chi connectivity index (χ1) is 8.70. The lowest BCUT2D eigenvalue weighted by molar-refractivity contribution is 0.548. The minimum atomic E-state index is 0.313. The van der Waals surface area contributed by atoms with E-state index in [9.17, 15) is 0 Å². The van der Waals surface area contributed by atoms with E-state index in [4.69, 9.17) is 0 Å². The average Bonchev–Trinajstić information content (AvgIpc) is 2.81. The molecule has 2 rings (SSSR count). The van der Waals surface area contributed by atoms with Crippen molar-refractivity contribution in [2.24, 2.45) is 7.05 Å². The van der Waals surface area contributed by atoms with E-state index in [0.717, 1.165) is 18.8 Å². The maximum atomic E-state index is 4.06. The third-order valence-electron chi connectivity index (χ3n) is 3.26. The molecule has 4 nitrogen and oxygen atoms in total. The third-order valence-corrected chi connectivity index (χ3v) is 3.26. The molecule has 18 heavy (non-hydrogen) atoms. The lowest BCUT2D eigenvalue weighted by atomic mass is 10.1. The van der Waals surface area contributed by atoms with Crippen LogP contribution in [0.25, 0.3) is 0 Å². The number of aryl methyl sites for hydroxylation is 2. The Morgan fingerprint density at radius 1 is 1.28 bits per heavy atom. The first-order valence-corrected chi connectivity index (χ1v) is 6.35. The molecule has 0 radical (unpaired) electrons. The van der Waals surface area contributed by atoms with Gasteiger partial charge in [-0.3, -0.25) is 0 Å². The fraction of sp³-hybridized carbons (Fsp3) is 0.429. The summed E-state index contributed by atoms with van der Waals surface area (Å²) < 4.78 is 1.93. The van der Waals surface area contributed by atoms with E-state index in [2.05, 4.69) is 53.6 Å². The van der Waals surface area contributed by atoms with Crippen molar-refractivity contribution in [2.75, 3.05) is 0 Å². The monoisotopic (exact) mass is 244 g/mol. The van der Waals surface area contributed by atoms with Crippen LogP contribution in [0.1, 0.15) is 36.8 Å². The fourth-order valence-corrected chi connectivity index (χ4v) is 1.87. The normalized spacial score (nSPS) is 12.6. The van der Waals surface area contributed by atoms with Crippen molar-refractivity contribution in [3.63, 3.8) is 0 Å². The molecule has 0 fully saturated rings. The Bertz CT molecular complexity index is 487. The van der Waals surface area contributed by atoms with Crippen LogP contribution in [-0.2, 0) is 20.0 Å². The summed E-state index contributed by atoms with van der Waals surface area (Å²) in [6.07, 6.45) is 2.80. The van der Waals surface area contributed by atoms with E-state index in [0.29, 0.717) is 6.04 Å². The minimum absolute atomic E-state index is 0.313. The van der Waals surface area contributed by atoms with E-state index in [1.807, 2.05) is 11.6 Å². The molecular formula is C14H20N4. The number of aromatic nitrogens is 3. The fourth-order valence-electron chi connectivity index (χ4n) is 1.87. The summed E-state index contributed by atoms with van der Waals surface area (Å²) in [6, 6.07) is 9.07. The van der Waals surface area contributed by atoms with Gasteiger partial charge in [0.1, 0.15) is 12.2 Å². The summed E-state index contributed by atoms with van der Waals surface area (Å²) in [5.74, 6) is 0.951. The van der Waals surface area contributed by atoms with Crippen LogP contribution in [-0.4, -0.2) is 14.8 Å². The Morgan fingerprint density at radius 2 is 2.00 bits per heavy atom. The number of nitrogens with one attached hydrogen (secondary N) is 1. The van der Waals surface area contributed by atoms with Gasteiger partial charge in [-0.05, 0) is 24.5 Å². The highest BCUT2D eigenvalue weighted by Gasteiger charge is 2.06. The molecule has 1 unspecified atom stereocenters. The van der Waals surface area contributed by atoms with Crippen LogP contribution in [0.4, 0.5) is 0 Å². The molecule has 0 bridgehead atoms. The van der Waals surface area contributed by atoms with Gasteiger partial charge in [0, 0.05) is 13.1 Å². The Kier molecular flexibility index (Phi) is 4.10. The molecule has 1 atom stereocenters. The second-order valence-electron chi connectivity index (χ2n) is 4.56. The maximum absolute atomic E-state index is 4.06. The molecule has 4 heteroatoms. The first kappa shape index (κ1) is 12.8. The van der Waals surface area contributed by atoms with Crippen LogP contribution in [0, 0.1) is 0 Å². The number of rotatable bonds is 5. The molecule has 1 heterocycles. The van der Waals surface area contributed by atoms with E-state index < -0.39 is 0 Å². The number of hydrogen-bond donors (Lipinski definition) is 1. The molecule has 0 spiro atoms. The zero-order valence-corrected chi connectivity index (χ0v) is 11.2. The molecule has 1 aromatic heterocycles. The van der Waals surface area contributed by atoms with Crippen LogP contribution in [0.15, 0.2) is 30.6 Å². The van der Waals surface area contributed by atoms with Crippen molar-refractivity contribution < 1.29 is 0 Å². The Balaban J connectivity index is 1.94. The predicted molar refractivity (Wildman–Crippen MR) is 72.1 cm³/mol. The highest BCUT2D eigenvalue weighted by molar-refractivity contribution is 5.24. The largest absolute Gasteiger partial charge is 0.320 e. The standard InChI is InChI=1S/C14H20N4/c1-4-12-5-7-13(8-6-12)11(2)15-9-14-17-16-10-18(14)3/h5-8,10-11,15H,4,9H2,1-3H3. The second kappa shape index (κ2) is 5.78. The highest BCUT2D eigenvalue weighted by atomic mass is 15.3. The van der Waals surface area contributed by atoms with E-state index in [1.165, 1.54) is 11.1 Å². The van der Waals surface area contributed by atoms with Gasteiger partial charge in [-0.2, -0.15) is 0 Å². The van der Waals surface area contributed by atoms with Crippen molar-refractivity contribution in [1.82, 2.24) is 20.1 Å². The molecule has 1 N–H and O–H groups in total. The van der Waals surface area contributed by atoms with Crippen LogP contribution in [0.5, 0.6) is 0 Å². The summed E-state index contributed by atoms with van der Waals surface area (Å²) >= 11 is 0. The van der Waals surface area contributed by atoms with Gasteiger partial charge in [-0.25, -0.2) is 0 Å². The molecule has 0 amide bonds. The first-order valence-electron chi connectivity index (χ1n) is 6.35. The van der Waals surface area contributed by atoms with Crippen molar-refractivity contribution >= 4 is 0 Å². The average molecular weight is 244 g/mol. The smallest absolute Gasteiger partial charge is 0.146 e. The third kappa shape index (κ3) is 2.96. The highest BCUT2D eigenvalue weighted by Crippen LogP contribution is 2.14. The summed E-state index contributed by atoms with van der Waals surface area (Å²) in [7, 11) is 1.96. The number of hydrogen-bond acceptors (Lipinski definition) is 3. The Hall–Kier alpha value is -1.68. The Morgan fingerprint density at radius 3 is 2.56 bits per heavy atom. The van der Waals surface area contributed by atoms with Gasteiger partial charge in [-0.1, -0.05) is 31.2 Å². The molecule has 1 aromatic carbocycles. The quantitative estimate of drug-likeness (QED) is 0.877. The number of benzene rings is 1. The van der Waals surface area contributed by atoms with Crippen LogP contribution < -0.4 is 5.32 Å². The lowest BCUT2D eigenvalue weighted by Crippen LogP contribution is -2.20. The zero-order chi connectivity index (χ0) is 13.0. The van der Waals surface area contributed by atoms with Crippen LogP contribution >= 0.6 is 0 Å². The van der Waals surface area contributed by atoms with Gasteiger partial charge in [0.2, 0.25) is 0 Å². The molecule has 0 aliphatic heterocycles. The molecule has 0 aliphatic carbocycles. The topological polar surface area (TPSA) is 42.7 Å². The van der Waals surface area contributed by atoms with Crippen molar-refractivity contribution in [1.29, 1.82) is 0 Å². The zero-order valence-electron chi connectivity index (χ0n) is 11.2. The summed E-state index contributed by atoms with van der Waals surface area (Å²) in [4.78, 5) is 0. The van der Waals surface area contributed by atoms with E-state index >= 15 is 0 Å². The van der Waals surface area contributed by atoms with Gasteiger partial charge in [0.05, 0.1) is 6.54 Å². The molecule has 96 valence electrons. The van der Waals surface area contributed by atoms with Crippen molar-refractivity contribution in [3.05, 3.63) is 47.5 Å². The number of nitrogens with zero attached hydrogens (tertiary/aromatic N) is 3. The van der Waals surface area contributed by atoms with Gasteiger partial charge in [-0.15, -0.1) is 10.2 Å². The van der Waals surface area contributed by atoms with Gasteiger partial charge < -0.3 is 9.88 Å². The van der Waals surface area contributed by atoms with Gasteiger partial charge in [0.25, 0.3) is 0 Å². The summed E-state index contributed by atoms with van der Waals surface area (Å²) in [5, 5.41) is 11.4. The predicted octanol–water partition coefficient (Wildman–Crippen LogP) is 2.23. The maximum Gasteiger partial charge on any atom is 0.146 e. The van der Waals surface area contributed by atoms with Crippen LogP contribution in [0.3, 0.4) is 0 Å². The Labute approximate surface area is 108 Å². The van der Waals surface area contributed by atoms with E-state index in [-0.39, 0.29) is 0 Å². The SMILES string of the molecule is CCc1ccc(C(C)NCc2nncn2C)cc1. The van der Waals surface area contributed by atoms with E-state index in [1.54, 1.807) is 6.33 Å². The summed E-state index contributed by atoms with van der Waals surface area (Å²) in [5.41, 5.74) is 2.67. The van der Waals surface area contributed by atoms with Crippen LogP contribution in [0.2, 0.25) is 0 Å².